The van der Waals surface area contributed by atoms with Crippen LogP contribution in [0.2, 0.25) is 5.02 Å². The number of hydrazone groups is 1. The zero-order valence-corrected chi connectivity index (χ0v) is 23.2. The van der Waals surface area contributed by atoms with E-state index in [0.717, 1.165) is 29.9 Å². The third kappa shape index (κ3) is 4.61. The van der Waals surface area contributed by atoms with E-state index in [2.05, 4.69) is 23.6 Å². The van der Waals surface area contributed by atoms with Gasteiger partial charge in [-0.15, -0.1) is 22.7 Å². The maximum atomic E-state index is 14.1. The molecular weight excluding hydrogens is 546 g/mol. The van der Waals surface area contributed by atoms with Crippen molar-refractivity contribution in [3.05, 3.63) is 79.6 Å². The highest BCUT2D eigenvalue weighted by Gasteiger charge is 2.49. The number of sulfonamides is 1. The van der Waals surface area contributed by atoms with Crippen molar-refractivity contribution in [3.63, 3.8) is 0 Å². The van der Waals surface area contributed by atoms with Gasteiger partial charge in [0, 0.05) is 27.2 Å². The topological polar surface area (TPSA) is 70.1 Å². The zero-order valence-electron chi connectivity index (χ0n) is 20.0. The Morgan fingerprint density at radius 3 is 2.54 bits per heavy atom. The molecule has 0 spiro atoms. The lowest BCUT2D eigenvalue weighted by molar-refractivity contribution is -0.137. The van der Waals surface area contributed by atoms with Crippen molar-refractivity contribution in [3.8, 4) is 0 Å². The molecule has 2 aliphatic heterocycles. The summed E-state index contributed by atoms with van der Waals surface area (Å²) < 4.78 is 28.4. The number of nitrogens with zero attached hydrogens (tertiary/aromatic N) is 3. The van der Waals surface area contributed by atoms with Crippen LogP contribution in [-0.4, -0.2) is 41.9 Å². The van der Waals surface area contributed by atoms with Crippen LogP contribution in [0.5, 0.6) is 0 Å². The number of amides is 1. The lowest BCUT2D eigenvalue weighted by Crippen LogP contribution is -2.46. The van der Waals surface area contributed by atoms with E-state index >= 15 is 0 Å². The van der Waals surface area contributed by atoms with E-state index in [4.69, 9.17) is 16.7 Å². The smallest absolute Gasteiger partial charge is 0.261 e. The molecule has 0 N–H and O–H groups in total. The van der Waals surface area contributed by atoms with E-state index in [1.165, 1.54) is 26.9 Å². The SMILES string of the molecule is O=C([C@@H]1CCCN1S(=O)(=O)c1ccc(Cl)cc1)N1N=C2/C(=C\c3cccs3)CCC[C@@H]2[C@@H]1c1cccs1. The van der Waals surface area contributed by atoms with Gasteiger partial charge < -0.3 is 0 Å². The minimum absolute atomic E-state index is 0.102. The van der Waals surface area contributed by atoms with Gasteiger partial charge in [0.05, 0.1) is 16.6 Å². The number of allylic oxidation sites excluding steroid dienone is 1. The second-order valence-corrected chi connectivity index (χ2v) is 13.8. The molecule has 37 heavy (non-hydrogen) atoms. The molecule has 10 heteroatoms. The first kappa shape index (κ1) is 25.0. The molecule has 0 radical (unpaired) electrons. The Hall–Kier alpha value is -2.30. The second kappa shape index (κ2) is 10.1. The van der Waals surface area contributed by atoms with Gasteiger partial charge in [-0.25, -0.2) is 13.4 Å². The highest BCUT2D eigenvalue weighted by atomic mass is 35.5. The summed E-state index contributed by atoms with van der Waals surface area (Å²) in [5.41, 5.74) is 2.14. The fourth-order valence-electron chi connectivity index (χ4n) is 5.64. The molecule has 2 aromatic heterocycles. The van der Waals surface area contributed by atoms with Crippen LogP contribution in [0.25, 0.3) is 6.08 Å². The van der Waals surface area contributed by atoms with Crippen molar-refractivity contribution >= 4 is 62.0 Å². The van der Waals surface area contributed by atoms with Crippen LogP contribution < -0.4 is 0 Å². The van der Waals surface area contributed by atoms with Crippen LogP contribution in [-0.2, 0) is 14.8 Å². The molecule has 1 saturated carbocycles. The van der Waals surface area contributed by atoms with Gasteiger partial charge in [-0.3, -0.25) is 4.79 Å². The molecule has 3 aliphatic rings. The molecule has 0 bridgehead atoms. The van der Waals surface area contributed by atoms with Gasteiger partial charge in [-0.05, 0) is 90.9 Å². The molecule has 1 amide bonds. The van der Waals surface area contributed by atoms with Gasteiger partial charge in [0.25, 0.3) is 5.91 Å². The van der Waals surface area contributed by atoms with E-state index in [1.54, 1.807) is 39.8 Å². The van der Waals surface area contributed by atoms with Crippen LogP contribution in [0.3, 0.4) is 0 Å². The molecule has 0 unspecified atom stereocenters. The lowest BCUT2D eigenvalue weighted by atomic mass is 9.79. The summed E-state index contributed by atoms with van der Waals surface area (Å²) in [6.07, 6.45) is 6.21. The van der Waals surface area contributed by atoms with Crippen LogP contribution in [0.15, 0.2) is 74.9 Å². The summed E-state index contributed by atoms with van der Waals surface area (Å²) in [6.45, 7) is 0.308. The van der Waals surface area contributed by atoms with E-state index < -0.39 is 16.1 Å². The number of hydrogen-bond acceptors (Lipinski definition) is 6. The third-order valence-electron chi connectivity index (χ3n) is 7.33. The predicted molar refractivity (Wildman–Crippen MR) is 149 cm³/mol. The second-order valence-electron chi connectivity index (χ2n) is 9.54. The molecule has 1 aliphatic carbocycles. The maximum absolute atomic E-state index is 14.1. The first-order valence-corrected chi connectivity index (χ1v) is 16.0. The van der Waals surface area contributed by atoms with Crippen molar-refractivity contribution in [2.24, 2.45) is 11.0 Å². The minimum atomic E-state index is -3.85. The number of carbonyl (C=O) groups excluding carboxylic acids is 1. The fourth-order valence-corrected chi connectivity index (χ4v) is 8.97. The molecule has 1 saturated heterocycles. The Kier molecular flexibility index (Phi) is 6.83. The van der Waals surface area contributed by atoms with E-state index in [9.17, 15) is 13.2 Å². The maximum Gasteiger partial charge on any atom is 0.261 e. The Balaban J connectivity index is 1.36. The molecule has 6 nitrogen and oxygen atoms in total. The molecule has 6 rings (SSSR count). The predicted octanol–water partition coefficient (Wildman–Crippen LogP) is 6.44. The molecule has 192 valence electrons. The summed E-state index contributed by atoms with van der Waals surface area (Å²) in [5.74, 6) is -0.143. The largest absolute Gasteiger partial charge is 0.271 e. The molecule has 2 fully saturated rings. The molecule has 4 heterocycles. The summed E-state index contributed by atoms with van der Waals surface area (Å²) in [5, 5.41) is 11.1. The lowest BCUT2D eigenvalue weighted by Gasteiger charge is -2.31. The van der Waals surface area contributed by atoms with E-state index in [1.807, 2.05) is 17.5 Å². The van der Waals surface area contributed by atoms with Crippen LogP contribution >= 0.6 is 34.3 Å². The number of rotatable bonds is 5. The highest BCUT2D eigenvalue weighted by Crippen LogP contribution is 2.46. The summed E-state index contributed by atoms with van der Waals surface area (Å²) in [6, 6.07) is 13.3. The number of halogens is 1. The van der Waals surface area contributed by atoms with Gasteiger partial charge >= 0.3 is 0 Å². The summed E-state index contributed by atoms with van der Waals surface area (Å²) >= 11 is 9.29. The molecule has 1 aromatic carbocycles. The number of benzene rings is 1. The Morgan fingerprint density at radius 2 is 1.81 bits per heavy atom. The summed E-state index contributed by atoms with van der Waals surface area (Å²) in [4.78, 5) is 16.5. The Morgan fingerprint density at radius 1 is 1.03 bits per heavy atom. The van der Waals surface area contributed by atoms with Gasteiger partial charge in [0.15, 0.2) is 0 Å². The van der Waals surface area contributed by atoms with Crippen LogP contribution in [0, 0.1) is 5.92 Å². The van der Waals surface area contributed by atoms with E-state index in [-0.39, 0.29) is 22.8 Å². The summed E-state index contributed by atoms with van der Waals surface area (Å²) in [7, 11) is -3.85. The van der Waals surface area contributed by atoms with Crippen LogP contribution in [0.1, 0.15) is 47.9 Å². The quantitative estimate of drug-likeness (QED) is 0.354. The van der Waals surface area contributed by atoms with Gasteiger partial charge in [0.1, 0.15) is 6.04 Å². The number of thiophene rings is 2. The van der Waals surface area contributed by atoms with Crippen molar-refractivity contribution in [1.82, 2.24) is 9.31 Å². The molecule has 3 aromatic rings. The Bertz CT molecular complexity index is 1450. The zero-order chi connectivity index (χ0) is 25.6. The van der Waals surface area contributed by atoms with Gasteiger partial charge in [-0.1, -0.05) is 23.7 Å². The van der Waals surface area contributed by atoms with Crippen LogP contribution in [0.4, 0.5) is 0 Å². The number of fused-ring (bicyclic) bond motifs is 1. The Labute approximate surface area is 229 Å². The average Bonchev–Trinajstić information content (AvgIpc) is 3.70. The van der Waals surface area contributed by atoms with Gasteiger partial charge in [0.2, 0.25) is 10.0 Å². The first-order valence-electron chi connectivity index (χ1n) is 12.4. The minimum Gasteiger partial charge on any atom is -0.271 e. The normalized spacial score (nSPS) is 25.4. The third-order valence-corrected chi connectivity index (χ3v) is 11.3. The first-order chi connectivity index (χ1) is 17.9. The van der Waals surface area contributed by atoms with Crippen molar-refractivity contribution in [1.29, 1.82) is 0 Å². The molecular formula is C27H26ClN3O3S3. The van der Waals surface area contributed by atoms with Crippen molar-refractivity contribution < 1.29 is 13.2 Å². The van der Waals surface area contributed by atoms with Gasteiger partial charge in [-0.2, -0.15) is 9.41 Å². The molecule has 3 atom stereocenters. The highest BCUT2D eigenvalue weighted by molar-refractivity contribution is 7.89. The number of hydrogen-bond donors (Lipinski definition) is 0. The fraction of sp³-hybridized carbons (Fsp3) is 0.333. The van der Waals surface area contributed by atoms with Crippen molar-refractivity contribution in [2.45, 2.75) is 49.1 Å². The average molecular weight is 572 g/mol. The van der Waals surface area contributed by atoms with E-state index in [0.29, 0.717) is 24.4 Å². The number of carbonyl (C=O) groups is 1. The standard InChI is InChI=1S/C27H26ClN3O3S3/c28-19-10-12-21(13-11-19)37(33,34)30-14-2-8-23(30)27(32)31-26(24-9-4-16-36-24)22-7-1-5-18(25(22)29-31)17-20-6-3-15-35-20/h3-4,6,9-13,15-17,22-23,26H,1-2,5,7-8,14H2/b18-17-/t22-,23-,26+/m0/s1. The van der Waals surface area contributed by atoms with Crippen molar-refractivity contribution in [2.75, 3.05) is 6.54 Å². The monoisotopic (exact) mass is 571 g/mol.